The van der Waals surface area contributed by atoms with Gasteiger partial charge in [-0.2, -0.15) is 0 Å². The van der Waals surface area contributed by atoms with Gasteiger partial charge in [0.25, 0.3) is 7.82 Å². The number of phosphoric ester groups is 1. The van der Waals surface area contributed by atoms with Crippen LogP contribution < -0.4 is 4.89 Å². The van der Waals surface area contributed by atoms with Gasteiger partial charge in [-0.25, -0.2) is 0 Å². The summed E-state index contributed by atoms with van der Waals surface area (Å²) in [6.45, 7) is 10.7. The van der Waals surface area contributed by atoms with Gasteiger partial charge in [0.2, 0.25) is 0 Å². The Kier molecular flexibility index (Phi) is 19.8. The molecule has 0 aromatic rings. The van der Waals surface area contributed by atoms with Crippen LogP contribution in [0.2, 0.25) is 0 Å². The second kappa shape index (κ2) is 19.7. The average Bonchev–Trinajstić information content (AvgIpc) is 2.69. The lowest BCUT2D eigenvalue weighted by Gasteiger charge is -2.39. The van der Waals surface area contributed by atoms with Gasteiger partial charge in [-0.15, -0.1) is 0 Å². The van der Waals surface area contributed by atoms with Crippen LogP contribution in [0.1, 0.15) is 124 Å². The van der Waals surface area contributed by atoms with Crippen molar-refractivity contribution >= 4 is 7.82 Å². The van der Waals surface area contributed by atoms with Crippen LogP contribution in [0.15, 0.2) is 0 Å². The quantitative estimate of drug-likeness (QED) is 0.109. The standard InChI is InChI=1S/C24H52NO4P/c1-4-7-10-11-12-13-14-15-16-19-22-25(20-17-8-5-2,21-18-9-6-3)23-24-29-30(26,27)28/h4-24H2,1-3H3,(H-,26,27,28). The third-order valence-electron chi connectivity index (χ3n) is 6.28. The summed E-state index contributed by atoms with van der Waals surface area (Å²) in [6, 6.07) is 0. The zero-order chi connectivity index (χ0) is 22.6. The highest BCUT2D eigenvalue weighted by Crippen LogP contribution is 2.30. The van der Waals surface area contributed by atoms with Gasteiger partial charge in [0.1, 0.15) is 13.2 Å². The molecule has 0 bridgehead atoms. The maximum atomic E-state index is 11.0. The fourth-order valence-corrected chi connectivity index (χ4v) is 4.66. The third kappa shape index (κ3) is 18.8. The molecule has 0 heterocycles. The van der Waals surface area contributed by atoms with E-state index in [-0.39, 0.29) is 6.61 Å². The maximum absolute atomic E-state index is 11.0. The lowest BCUT2D eigenvalue weighted by Crippen LogP contribution is -2.52. The second-order valence-corrected chi connectivity index (χ2v) is 10.3. The minimum absolute atomic E-state index is 0.0906. The summed E-state index contributed by atoms with van der Waals surface area (Å²) >= 11 is 0. The minimum Gasteiger partial charge on any atom is -0.756 e. The summed E-state index contributed by atoms with van der Waals surface area (Å²) in [7, 11) is -4.63. The highest BCUT2D eigenvalue weighted by molar-refractivity contribution is 7.44. The van der Waals surface area contributed by atoms with E-state index < -0.39 is 7.82 Å². The summed E-state index contributed by atoms with van der Waals surface area (Å²) in [5.74, 6) is 0. The molecule has 0 aliphatic rings. The molecule has 0 rings (SSSR count). The van der Waals surface area contributed by atoms with Gasteiger partial charge in [0.15, 0.2) is 0 Å². The molecule has 0 radical (unpaired) electrons. The molecule has 30 heavy (non-hydrogen) atoms. The first-order chi connectivity index (χ1) is 14.4. The van der Waals surface area contributed by atoms with Gasteiger partial charge in [0.05, 0.1) is 19.6 Å². The van der Waals surface area contributed by atoms with Crippen molar-refractivity contribution in [2.45, 2.75) is 124 Å². The van der Waals surface area contributed by atoms with Crippen LogP contribution in [0.5, 0.6) is 0 Å². The van der Waals surface area contributed by atoms with Gasteiger partial charge in [-0.05, 0) is 38.5 Å². The normalized spacial score (nSPS) is 14.2. The molecule has 1 unspecified atom stereocenters. The van der Waals surface area contributed by atoms with Crippen molar-refractivity contribution in [3.63, 3.8) is 0 Å². The zero-order valence-corrected chi connectivity index (χ0v) is 21.3. The SMILES string of the molecule is CCCCCCCCCCCC[N+](CCCCC)(CCCCC)CCOP(=O)([O-])O. The molecule has 0 saturated heterocycles. The lowest BCUT2D eigenvalue weighted by atomic mass is 10.1. The highest BCUT2D eigenvalue weighted by atomic mass is 31.2. The molecule has 0 aliphatic carbocycles. The van der Waals surface area contributed by atoms with Crippen molar-refractivity contribution in [2.24, 2.45) is 0 Å². The number of hydrogen-bond acceptors (Lipinski definition) is 3. The highest BCUT2D eigenvalue weighted by Gasteiger charge is 2.26. The van der Waals surface area contributed by atoms with Gasteiger partial charge < -0.3 is 18.8 Å². The molecule has 0 aromatic heterocycles. The largest absolute Gasteiger partial charge is 0.756 e. The monoisotopic (exact) mass is 449 g/mol. The molecule has 0 aromatic carbocycles. The van der Waals surface area contributed by atoms with E-state index in [1.807, 2.05) is 0 Å². The van der Waals surface area contributed by atoms with E-state index >= 15 is 0 Å². The lowest BCUT2D eigenvalue weighted by molar-refractivity contribution is -0.929. The summed E-state index contributed by atoms with van der Waals surface area (Å²) in [5.41, 5.74) is 0. The van der Waals surface area contributed by atoms with E-state index in [9.17, 15) is 9.46 Å². The summed E-state index contributed by atoms with van der Waals surface area (Å²) < 4.78 is 16.7. The number of phosphoric acid groups is 1. The molecule has 1 N–H and O–H groups in total. The van der Waals surface area contributed by atoms with Gasteiger partial charge in [0, 0.05) is 0 Å². The summed E-state index contributed by atoms with van der Waals surface area (Å²) in [5, 5.41) is 0. The second-order valence-electron chi connectivity index (χ2n) is 9.13. The first kappa shape index (κ1) is 30.1. The van der Waals surface area contributed by atoms with Crippen molar-refractivity contribution < 1.29 is 23.4 Å². The molecular weight excluding hydrogens is 397 g/mol. The number of unbranched alkanes of at least 4 members (excludes halogenated alkanes) is 13. The van der Waals surface area contributed by atoms with E-state index in [4.69, 9.17) is 9.42 Å². The van der Waals surface area contributed by atoms with Crippen LogP contribution in [-0.2, 0) is 9.09 Å². The molecule has 0 saturated carbocycles. The van der Waals surface area contributed by atoms with E-state index in [1.165, 1.54) is 103 Å². The maximum Gasteiger partial charge on any atom is 0.265 e. The van der Waals surface area contributed by atoms with Crippen molar-refractivity contribution in [1.29, 1.82) is 0 Å². The Morgan fingerprint density at radius 2 is 0.967 bits per heavy atom. The molecule has 0 amide bonds. The van der Waals surface area contributed by atoms with Crippen LogP contribution >= 0.6 is 7.82 Å². The van der Waals surface area contributed by atoms with Crippen LogP contribution in [-0.4, -0.2) is 42.2 Å². The van der Waals surface area contributed by atoms with Crippen molar-refractivity contribution in [3.05, 3.63) is 0 Å². The van der Waals surface area contributed by atoms with E-state index in [0.29, 0.717) is 6.54 Å². The van der Waals surface area contributed by atoms with Crippen LogP contribution in [0.25, 0.3) is 0 Å². The number of nitrogens with zero attached hydrogens (tertiary/aromatic N) is 1. The first-order valence-electron chi connectivity index (χ1n) is 12.9. The molecule has 0 spiro atoms. The molecule has 5 nitrogen and oxygen atoms in total. The molecule has 182 valence electrons. The first-order valence-corrected chi connectivity index (χ1v) is 14.4. The van der Waals surface area contributed by atoms with E-state index in [1.54, 1.807) is 0 Å². The third-order valence-corrected chi connectivity index (χ3v) is 6.79. The Labute approximate surface area is 187 Å². The van der Waals surface area contributed by atoms with Crippen molar-refractivity contribution in [3.8, 4) is 0 Å². The Morgan fingerprint density at radius 1 is 0.633 bits per heavy atom. The molecule has 0 fully saturated rings. The molecule has 0 aliphatic heterocycles. The number of hydrogen-bond donors (Lipinski definition) is 1. The number of quaternary nitrogens is 1. The fourth-order valence-electron chi connectivity index (χ4n) is 4.35. The van der Waals surface area contributed by atoms with Crippen molar-refractivity contribution in [2.75, 3.05) is 32.8 Å². The van der Waals surface area contributed by atoms with Gasteiger partial charge in [-0.1, -0.05) is 85.0 Å². The Hall–Kier alpha value is 0.0700. The van der Waals surface area contributed by atoms with E-state index in [0.717, 1.165) is 24.1 Å². The van der Waals surface area contributed by atoms with Gasteiger partial charge >= 0.3 is 0 Å². The summed E-state index contributed by atoms with van der Waals surface area (Å²) in [4.78, 5) is 20.0. The molecular formula is C24H52NO4P. The minimum atomic E-state index is -4.63. The van der Waals surface area contributed by atoms with Gasteiger partial charge in [-0.3, -0.25) is 4.57 Å². The topological polar surface area (TPSA) is 69.6 Å². The molecule has 6 heteroatoms. The number of rotatable bonds is 23. The Bertz CT molecular complexity index is 404. The Balaban J connectivity index is 4.48. The predicted octanol–water partition coefficient (Wildman–Crippen LogP) is 6.58. The smallest absolute Gasteiger partial charge is 0.265 e. The Morgan fingerprint density at radius 3 is 1.37 bits per heavy atom. The fraction of sp³-hybridized carbons (Fsp3) is 1.00. The summed E-state index contributed by atoms with van der Waals surface area (Å²) in [6.07, 6.45) is 20.5. The van der Waals surface area contributed by atoms with Crippen LogP contribution in [0, 0.1) is 0 Å². The average molecular weight is 450 g/mol. The van der Waals surface area contributed by atoms with Crippen molar-refractivity contribution in [1.82, 2.24) is 0 Å². The van der Waals surface area contributed by atoms with Crippen LogP contribution in [0.3, 0.4) is 0 Å². The van der Waals surface area contributed by atoms with E-state index in [2.05, 4.69) is 20.8 Å². The van der Waals surface area contributed by atoms with Crippen LogP contribution in [0.4, 0.5) is 0 Å². The zero-order valence-electron chi connectivity index (χ0n) is 20.4. The molecule has 1 atom stereocenters. The predicted molar refractivity (Wildman–Crippen MR) is 126 cm³/mol.